The lowest BCUT2D eigenvalue weighted by molar-refractivity contribution is 0.102. The number of carbonyl (C=O) groups excluding carboxylic acids is 1. The summed E-state index contributed by atoms with van der Waals surface area (Å²) >= 11 is 9.14. The maximum atomic E-state index is 12.2. The Morgan fingerprint density at radius 2 is 1.85 bits per heavy atom. The van der Waals surface area contributed by atoms with E-state index in [0.717, 1.165) is 20.8 Å². The van der Waals surface area contributed by atoms with Gasteiger partial charge < -0.3 is 0 Å². The molecule has 0 fully saturated rings. The molecule has 5 nitrogen and oxygen atoms in total. The van der Waals surface area contributed by atoms with Crippen molar-refractivity contribution in [1.29, 1.82) is 0 Å². The Morgan fingerprint density at radius 3 is 2.70 bits per heavy atom. The lowest BCUT2D eigenvalue weighted by atomic mass is 10.2. The number of pyridine rings is 1. The number of para-hydroxylation sites is 1. The molecule has 4 rings (SSSR count). The Hall–Kier alpha value is -2.48. The number of amides is 1. The number of carbonyl (C=O) groups is 1. The molecule has 0 aliphatic carbocycles. The first-order valence-corrected chi connectivity index (χ1v) is 10.2. The standard InChI is InChI=1S/C19H13ClN4OS2/c20-16-14(10-13-8-4-5-9-15(13)21-16)11-26-19-24-23-18(27-19)22-17(25)12-6-2-1-3-7-12/h1-10H,11H2,(H,22,23,25). The zero-order valence-corrected chi connectivity index (χ0v) is 16.3. The van der Waals surface area contributed by atoms with Crippen LogP contribution in [0.1, 0.15) is 15.9 Å². The smallest absolute Gasteiger partial charge is 0.257 e. The molecular weight excluding hydrogens is 400 g/mol. The maximum Gasteiger partial charge on any atom is 0.257 e. The van der Waals surface area contributed by atoms with Crippen LogP contribution in [0.15, 0.2) is 65.0 Å². The number of rotatable bonds is 5. The molecule has 1 amide bonds. The Kier molecular flexibility index (Phi) is 5.33. The van der Waals surface area contributed by atoms with Crippen LogP contribution in [0.5, 0.6) is 0 Å². The van der Waals surface area contributed by atoms with Gasteiger partial charge in [0.1, 0.15) is 5.15 Å². The van der Waals surface area contributed by atoms with Crippen molar-refractivity contribution in [3.8, 4) is 0 Å². The van der Waals surface area contributed by atoms with Crippen LogP contribution in [-0.2, 0) is 5.75 Å². The van der Waals surface area contributed by atoms with Crippen LogP contribution in [0.25, 0.3) is 10.9 Å². The Labute approximate surface area is 168 Å². The van der Waals surface area contributed by atoms with Crippen molar-refractivity contribution < 1.29 is 4.79 Å². The van der Waals surface area contributed by atoms with E-state index in [1.165, 1.54) is 23.1 Å². The number of hydrogen-bond acceptors (Lipinski definition) is 6. The molecule has 8 heteroatoms. The number of aromatic nitrogens is 3. The fourth-order valence-electron chi connectivity index (χ4n) is 2.45. The second-order valence-electron chi connectivity index (χ2n) is 5.61. The van der Waals surface area contributed by atoms with Gasteiger partial charge in [0.05, 0.1) is 5.52 Å². The van der Waals surface area contributed by atoms with Crippen molar-refractivity contribution in [1.82, 2.24) is 15.2 Å². The monoisotopic (exact) mass is 412 g/mol. The molecule has 0 saturated carbocycles. The first kappa shape index (κ1) is 17.9. The fourth-order valence-corrected chi connectivity index (χ4v) is 4.47. The van der Waals surface area contributed by atoms with Gasteiger partial charge in [0, 0.05) is 22.3 Å². The van der Waals surface area contributed by atoms with Crippen LogP contribution >= 0.6 is 34.7 Å². The summed E-state index contributed by atoms with van der Waals surface area (Å²) in [4.78, 5) is 16.6. The number of halogens is 1. The zero-order valence-electron chi connectivity index (χ0n) is 13.9. The van der Waals surface area contributed by atoms with Crippen LogP contribution in [0.3, 0.4) is 0 Å². The average Bonchev–Trinajstić information content (AvgIpc) is 3.14. The lowest BCUT2D eigenvalue weighted by Crippen LogP contribution is -2.11. The number of anilines is 1. The van der Waals surface area contributed by atoms with Crippen molar-refractivity contribution in [3.05, 3.63) is 76.9 Å². The molecule has 4 aromatic rings. The molecule has 0 saturated heterocycles. The summed E-state index contributed by atoms with van der Waals surface area (Å²) in [6.45, 7) is 0. The third-order valence-electron chi connectivity index (χ3n) is 3.76. The van der Waals surface area contributed by atoms with Gasteiger partial charge in [-0.25, -0.2) is 4.98 Å². The van der Waals surface area contributed by atoms with E-state index in [1.54, 1.807) is 12.1 Å². The Morgan fingerprint density at radius 1 is 1.07 bits per heavy atom. The summed E-state index contributed by atoms with van der Waals surface area (Å²) in [6.07, 6.45) is 0. The van der Waals surface area contributed by atoms with Crippen molar-refractivity contribution in [2.75, 3.05) is 5.32 Å². The van der Waals surface area contributed by atoms with Crippen molar-refractivity contribution in [2.24, 2.45) is 0 Å². The summed E-state index contributed by atoms with van der Waals surface area (Å²) in [5.74, 6) is 0.419. The minimum Gasteiger partial charge on any atom is -0.296 e. The fraction of sp³-hybridized carbons (Fsp3) is 0.0526. The first-order chi connectivity index (χ1) is 13.2. The number of hydrogen-bond donors (Lipinski definition) is 1. The number of nitrogens with one attached hydrogen (secondary N) is 1. The van der Waals surface area contributed by atoms with Gasteiger partial charge in [-0.05, 0) is 24.3 Å². The minimum absolute atomic E-state index is 0.204. The van der Waals surface area contributed by atoms with Crippen LogP contribution in [0.2, 0.25) is 5.15 Å². The average molecular weight is 413 g/mol. The van der Waals surface area contributed by atoms with E-state index in [9.17, 15) is 4.79 Å². The van der Waals surface area contributed by atoms with Crippen molar-refractivity contribution >= 4 is 56.6 Å². The molecule has 0 unspecified atom stereocenters. The SMILES string of the molecule is O=C(Nc1nnc(SCc2cc3ccccc3nc2Cl)s1)c1ccccc1. The predicted molar refractivity (Wildman–Crippen MR) is 111 cm³/mol. The maximum absolute atomic E-state index is 12.2. The summed E-state index contributed by atoms with van der Waals surface area (Å²) in [5.41, 5.74) is 2.39. The Balaban J connectivity index is 1.43. The van der Waals surface area contributed by atoms with Gasteiger partial charge in [-0.2, -0.15) is 0 Å². The zero-order chi connectivity index (χ0) is 18.6. The van der Waals surface area contributed by atoms with Crippen molar-refractivity contribution in [2.45, 2.75) is 10.1 Å². The largest absolute Gasteiger partial charge is 0.296 e. The highest BCUT2D eigenvalue weighted by molar-refractivity contribution is 8.00. The molecule has 134 valence electrons. The summed E-state index contributed by atoms with van der Waals surface area (Å²) in [7, 11) is 0. The number of nitrogens with zero attached hydrogens (tertiary/aromatic N) is 3. The minimum atomic E-state index is -0.204. The van der Waals surface area contributed by atoms with Crippen molar-refractivity contribution in [3.63, 3.8) is 0 Å². The molecule has 2 heterocycles. The van der Waals surface area contributed by atoms with Crippen LogP contribution in [-0.4, -0.2) is 21.1 Å². The molecule has 2 aromatic heterocycles. The van der Waals surface area contributed by atoms with E-state index in [-0.39, 0.29) is 5.91 Å². The van der Waals surface area contributed by atoms with E-state index in [0.29, 0.717) is 21.6 Å². The van der Waals surface area contributed by atoms with E-state index in [2.05, 4.69) is 20.5 Å². The molecule has 0 radical (unpaired) electrons. The Bertz CT molecular complexity index is 1100. The molecule has 0 aliphatic rings. The molecular formula is C19H13ClN4OS2. The summed E-state index contributed by atoms with van der Waals surface area (Å²) in [6, 6.07) is 18.9. The van der Waals surface area contributed by atoms with Gasteiger partial charge in [-0.3, -0.25) is 10.1 Å². The second kappa shape index (κ2) is 8.04. The number of fused-ring (bicyclic) bond motifs is 1. The number of benzene rings is 2. The molecule has 1 N–H and O–H groups in total. The van der Waals surface area contributed by atoms with Crippen LogP contribution in [0.4, 0.5) is 5.13 Å². The molecule has 0 atom stereocenters. The normalized spacial score (nSPS) is 10.9. The number of thioether (sulfide) groups is 1. The van der Waals surface area contributed by atoms with Crippen LogP contribution in [0, 0.1) is 0 Å². The topological polar surface area (TPSA) is 67.8 Å². The van der Waals surface area contributed by atoms with Gasteiger partial charge in [-0.15, -0.1) is 10.2 Å². The molecule has 0 spiro atoms. The van der Waals surface area contributed by atoms with Gasteiger partial charge in [0.2, 0.25) is 5.13 Å². The van der Waals surface area contributed by atoms with Crippen LogP contribution < -0.4 is 5.32 Å². The van der Waals surface area contributed by atoms with E-state index >= 15 is 0 Å². The highest BCUT2D eigenvalue weighted by atomic mass is 35.5. The van der Waals surface area contributed by atoms with E-state index < -0.39 is 0 Å². The third-order valence-corrected chi connectivity index (χ3v) is 6.11. The predicted octanol–water partition coefficient (Wildman–Crippen LogP) is 5.28. The van der Waals surface area contributed by atoms with Gasteiger partial charge in [-0.1, -0.05) is 71.1 Å². The third kappa shape index (κ3) is 4.27. The van der Waals surface area contributed by atoms with E-state index in [4.69, 9.17) is 11.6 Å². The quantitative estimate of drug-likeness (QED) is 0.274. The first-order valence-electron chi connectivity index (χ1n) is 8.06. The highest BCUT2D eigenvalue weighted by Crippen LogP contribution is 2.31. The molecule has 0 bridgehead atoms. The summed E-state index contributed by atoms with van der Waals surface area (Å²) in [5, 5.41) is 12.9. The van der Waals surface area contributed by atoms with Gasteiger partial charge in [0.25, 0.3) is 5.91 Å². The van der Waals surface area contributed by atoms with Gasteiger partial charge >= 0.3 is 0 Å². The second-order valence-corrected chi connectivity index (χ2v) is 8.17. The lowest BCUT2D eigenvalue weighted by Gasteiger charge is -2.04. The summed E-state index contributed by atoms with van der Waals surface area (Å²) < 4.78 is 0.752. The van der Waals surface area contributed by atoms with E-state index in [1.807, 2.05) is 48.5 Å². The molecule has 2 aromatic carbocycles. The molecule has 27 heavy (non-hydrogen) atoms. The molecule has 0 aliphatic heterocycles. The van der Waals surface area contributed by atoms with Gasteiger partial charge in [0.15, 0.2) is 4.34 Å². The highest BCUT2D eigenvalue weighted by Gasteiger charge is 2.12.